The van der Waals surface area contributed by atoms with Crippen LogP contribution in [0.15, 0.2) is 24.3 Å². The molecule has 1 aromatic rings. The van der Waals surface area contributed by atoms with Gasteiger partial charge in [-0.05, 0) is 43.5 Å². The van der Waals surface area contributed by atoms with Crippen LogP contribution in [0.2, 0.25) is 0 Å². The quantitative estimate of drug-likeness (QED) is 0.747. The smallest absolute Gasteiger partial charge is 0.244 e. The first-order valence-corrected chi connectivity index (χ1v) is 7.43. The molecular formula is C17H25NO3. The average molecular weight is 291 g/mol. The van der Waals surface area contributed by atoms with Crippen molar-refractivity contribution in [2.24, 2.45) is 0 Å². The Morgan fingerprint density at radius 1 is 1.24 bits per heavy atom. The van der Waals surface area contributed by atoms with E-state index in [2.05, 4.69) is 19.2 Å². The maximum atomic E-state index is 11.8. The molecule has 4 nitrogen and oxygen atoms in total. The number of hydrogen-bond donors (Lipinski definition) is 1. The number of carbonyl (C=O) groups is 1. The van der Waals surface area contributed by atoms with Crippen LogP contribution >= 0.6 is 0 Å². The molecule has 0 fully saturated rings. The Hall–Kier alpha value is -1.97. The van der Waals surface area contributed by atoms with Crippen LogP contribution < -0.4 is 14.8 Å². The molecule has 1 aromatic carbocycles. The van der Waals surface area contributed by atoms with Gasteiger partial charge in [-0.15, -0.1) is 0 Å². The highest BCUT2D eigenvalue weighted by molar-refractivity contribution is 5.92. The number of rotatable bonds is 8. The number of amides is 1. The predicted octanol–water partition coefficient (Wildman–Crippen LogP) is 3.41. The van der Waals surface area contributed by atoms with Crippen LogP contribution in [0.25, 0.3) is 6.08 Å². The molecule has 116 valence electrons. The molecule has 0 spiro atoms. The minimum Gasteiger partial charge on any atom is -0.493 e. The van der Waals surface area contributed by atoms with Crippen LogP contribution in [0.1, 0.15) is 39.2 Å². The molecule has 0 atom stereocenters. The van der Waals surface area contributed by atoms with Crippen LogP contribution in [0.3, 0.4) is 0 Å². The molecule has 0 aromatic heterocycles. The van der Waals surface area contributed by atoms with Crippen molar-refractivity contribution in [3.8, 4) is 11.5 Å². The van der Waals surface area contributed by atoms with Crippen LogP contribution in [-0.2, 0) is 4.79 Å². The summed E-state index contributed by atoms with van der Waals surface area (Å²) in [5.41, 5.74) is 0.898. The van der Waals surface area contributed by atoms with E-state index in [9.17, 15) is 4.79 Å². The van der Waals surface area contributed by atoms with E-state index in [1.165, 1.54) is 0 Å². The Bertz CT molecular complexity index is 479. The first kappa shape index (κ1) is 17.1. The first-order valence-electron chi connectivity index (χ1n) is 7.43. The molecule has 0 aliphatic carbocycles. The highest BCUT2D eigenvalue weighted by atomic mass is 16.5. The molecule has 21 heavy (non-hydrogen) atoms. The zero-order chi connectivity index (χ0) is 15.7. The number of nitrogens with one attached hydrogen (secondary N) is 1. The first-order chi connectivity index (χ1) is 10.1. The Balaban J connectivity index is 2.73. The van der Waals surface area contributed by atoms with Crippen molar-refractivity contribution in [3.05, 3.63) is 29.8 Å². The summed E-state index contributed by atoms with van der Waals surface area (Å²) in [6.07, 6.45) is 5.20. The van der Waals surface area contributed by atoms with Crippen molar-refractivity contribution < 1.29 is 14.3 Å². The van der Waals surface area contributed by atoms with Crippen molar-refractivity contribution >= 4 is 12.0 Å². The molecule has 0 aliphatic heterocycles. The van der Waals surface area contributed by atoms with Crippen LogP contribution in [0.4, 0.5) is 0 Å². The highest BCUT2D eigenvalue weighted by Crippen LogP contribution is 2.28. The van der Waals surface area contributed by atoms with E-state index >= 15 is 0 Å². The number of methoxy groups -OCH3 is 1. The Morgan fingerprint density at radius 2 is 1.95 bits per heavy atom. The monoisotopic (exact) mass is 291 g/mol. The average Bonchev–Trinajstić information content (AvgIpc) is 2.51. The maximum Gasteiger partial charge on any atom is 0.244 e. The van der Waals surface area contributed by atoms with Gasteiger partial charge in [0, 0.05) is 12.1 Å². The second kappa shape index (κ2) is 9.06. The van der Waals surface area contributed by atoms with Crippen molar-refractivity contribution in [1.82, 2.24) is 5.32 Å². The van der Waals surface area contributed by atoms with E-state index < -0.39 is 0 Å². The lowest BCUT2D eigenvalue weighted by molar-refractivity contribution is -0.117. The summed E-state index contributed by atoms with van der Waals surface area (Å²) in [5, 5.41) is 2.97. The SMILES string of the molecule is CCOc1ccc(/C=C/C(=O)NC(CC)CC)cc1OC. The van der Waals surface area contributed by atoms with Gasteiger partial charge in [-0.2, -0.15) is 0 Å². The Morgan fingerprint density at radius 3 is 2.52 bits per heavy atom. The minimum absolute atomic E-state index is 0.0726. The predicted molar refractivity (Wildman–Crippen MR) is 85.7 cm³/mol. The molecule has 0 radical (unpaired) electrons. The summed E-state index contributed by atoms with van der Waals surface area (Å²) in [5.74, 6) is 1.30. The third kappa shape index (κ3) is 5.50. The van der Waals surface area contributed by atoms with Gasteiger partial charge in [-0.25, -0.2) is 0 Å². The minimum atomic E-state index is -0.0726. The number of benzene rings is 1. The van der Waals surface area contributed by atoms with Crippen molar-refractivity contribution in [1.29, 1.82) is 0 Å². The summed E-state index contributed by atoms with van der Waals surface area (Å²) in [4.78, 5) is 11.8. The molecule has 0 aliphatic rings. The maximum absolute atomic E-state index is 11.8. The molecule has 0 saturated carbocycles. The fraction of sp³-hybridized carbons (Fsp3) is 0.471. The van der Waals surface area contributed by atoms with Crippen LogP contribution in [0, 0.1) is 0 Å². The molecule has 0 bridgehead atoms. The zero-order valence-electron chi connectivity index (χ0n) is 13.3. The summed E-state index contributed by atoms with van der Waals surface area (Å²) >= 11 is 0. The summed E-state index contributed by atoms with van der Waals surface area (Å²) < 4.78 is 10.7. The lowest BCUT2D eigenvalue weighted by atomic mass is 10.1. The van der Waals surface area contributed by atoms with Gasteiger partial charge in [0.25, 0.3) is 0 Å². The van der Waals surface area contributed by atoms with Gasteiger partial charge in [-0.3, -0.25) is 4.79 Å². The molecule has 1 N–H and O–H groups in total. The van der Waals surface area contributed by atoms with Crippen molar-refractivity contribution in [2.75, 3.05) is 13.7 Å². The van der Waals surface area contributed by atoms with Gasteiger partial charge < -0.3 is 14.8 Å². The van der Waals surface area contributed by atoms with Crippen LogP contribution in [-0.4, -0.2) is 25.7 Å². The van der Waals surface area contributed by atoms with Gasteiger partial charge in [0.15, 0.2) is 11.5 Å². The fourth-order valence-electron chi connectivity index (χ4n) is 1.98. The van der Waals surface area contributed by atoms with E-state index in [1.807, 2.05) is 25.1 Å². The third-order valence-corrected chi connectivity index (χ3v) is 3.25. The van der Waals surface area contributed by atoms with Crippen LogP contribution in [0.5, 0.6) is 11.5 Å². The third-order valence-electron chi connectivity index (χ3n) is 3.25. The molecule has 1 rings (SSSR count). The second-order valence-corrected chi connectivity index (χ2v) is 4.70. The van der Waals surface area contributed by atoms with E-state index in [1.54, 1.807) is 19.3 Å². The number of ether oxygens (including phenoxy) is 2. The van der Waals surface area contributed by atoms with Crippen molar-refractivity contribution in [2.45, 2.75) is 39.7 Å². The molecule has 4 heteroatoms. The van der Waals surface area contributed by atoms with Gasteiger partial charge in [0.05, 0.1) is 13.7 Å². The lowest BCUT2D eigenvalue weighted by Crippen LogP contribution is -2.32. The topological polar surface area (TPSA) is 47.6 Å². The summed E-state index contributed by atoms with van der Waals surface area (Å²) in [6, 6.07) is 5.83. The summed E-state index contributed by atoms with van der Waals surface area (Å²) in [6.45, 7) is 6.64. The second-order valence-electron chi connectivity index (χ2n) is 4.70. The van der Waals surface area contributed by atoms with Gasteiger partial charge in [0.1, 0.15) is 0 Å². The lowest BCUT2D eigenvalue weighted by Gasteiger charge is -2.12. The number of hydrogen-bond acceptors (Lipinski definition) is 3. The zero-order valence-corrected chi connectivity index (χ0v) is 13.3. The Labute approximate surface area is 127 Å². The molecule has 0 unspecified atom stereocenters. The van der Waals surface area contributed by atoms with E-state index in [0.717, 1.165) is 18.4 Å². The van der Waals surface area contributed by atoms with E-state index in [4.69, 9.17) is 9.47 Å². The van der Waals surface area contributed by atoms with Gasteiger partial charge >= 0.3 is 0 Å². The summed E-state index contributed by atoms with van der Waals surface area (Å²) in [7, 11) is 1.60. The molecule has 0 heterocycles. The van der Waals surface area contributed by atoms with Crippen molar-refractivity contribution in [3.63, 3.8) is 0 Å². The molecule has 1 amide bonds. The molecule has 0 saturated heterocycles. The largest absolute Gasteiger partial charge is 0.493 e. The van der Waals surface area contributed by atoms with E-state index in [0.29, 0.717) is 18.1 Å². The van der Waals surface area contributed by atoms with Gasteiger partial charge in [-0.1, -0.05) is 19.9 Å². The fourth-order valence-corrected chi connectivity index (χ4v) is 1.98. The van der Waals surface area contributed by atoms with Gasteiger partial charge in [0.2, 0.25) is 5.91 Å². The van der Waals surface area contributed by atoms with E-state index in [-0.39, 0.29) is 11.9 Å². The Kier molecular flexibility index (Phi) is 7.37. The standard InChI is InChI=1S/C17H25NO3/c1-5-14(6-2)18-17(19)11-9-13-8-10-15(21-7-3)16(12-13)20-4/h8-12,14H,5-7H2,1-4H3,(H,18,19)/b11-9+. The number of carbonyl (C=O) groups excluding carboxylic acids is 1. The molecular weight excluding hydrogens is 266 g/mol. The highest BCUT2D eigenvalue weighted by Gasteiger charge is 2.06. The normalized spacial score (nSPS) is 10.9.